The topological polar surface area (TPSA) is 54.0 Å². The molecule has 0 saturated heterocycles. The van der Waals surface area contributed by atoms with Crippen molar-refractivity contribution >= 4 is 51.5 Å². The summed E-state index contributed by atoms with van der Waals surface area (Å²) in [5, 5.41) is 8.04. The van der Waals surface area contributed by atoms with E-state index in [1.807, 2.05) is 62.4 Å². The molecule has 2 N–H and O–H groups in total. The second kappa shape index (κ2) is 8.58. The average Bonchev–Trinajstić information content (AvgIpc) is 2.79. The summed E-state index contributed by atoms with van der Waals surface area (Å²) >= 11 is 8.08. The first kappa shape index (κ1) is 21.6. The fourth-order valence-electron chi connectivity index (χ4n) is 4.21. The number of rotatable bonds is 3. The van der Waals surface area contributed by atoms with Crippen molar-refractivity contribution in [3.63, 3.8) is 0 Å². The third-order valence-corrected chi connectivity index (χ3v) is 7.27. The van der Waals surface area contributed by atoms with Gasteiger partial charge in [0.05, 0.1) is 28.0 Å². The number of fused-ring (bicyclic) bond motifs is 2. The summed E-state index contributed by atoms with van der Waals surface area (Å²) in [4.78, 5) is 19.8. The molecule has 0 fully saturated rings. The summed E-state index contributed by atoms with van der Waals surface area (Å²) in [7, 11) is 0. The van der Waals surface area contributed by atoms with Gasteiger partial charge in [-0.15, -0.1) is 0 Å². The lowest BCUT2D eigenvalue weighted by Gasteiger charge is -2.22. The number of carbonyl (C=O) groups is 1. The fourth-order valence-corrected chi connectivity index (χ4v) is 5.38. The molecule has 4 nitrogen and oxygen atoms in total. The van der Waals surface area contributed by atoms with Crippen LogP contribution in [-0.2, 0) is 4.79 Å². The molecule has 1 aliphatic rings. The Balaban J connectivity index is 1.62. The number of nitrogens with one attached hydrogen (secondary N) is 2. The van der Waals surface area contributed by atoms with Crippen LogP contribution in [0.3, 0.4) is 0 Å². The van der Waals surface area contributed by atoms with Crippen molar-refractivity contribution in [1.82, 2.24) is 4.98 Å². The molecular formula is C27H22ClN3OS. The lowest BCUT2D eigenvalue weighted by atomic mass is 9.96. The third-order valence-electron chi connectivity index (χ3n) is 5.67. The predicted molar refractivity (Wildman–Crippen MR) is 139 cm³/mol. The molecule has 1 aromatic heterocycles. The molecule has 6 heteroatoms. The smallest absolute Gasteiger partial charge is 0.264 e. The molecule has 3 aromatic carbocycles. The van der Waals surface area contributed by atoms with E-state index in [0.29, 0.717) is 15.6 Å². The van der Waals surface area contributed by atoms with E-state index >= 15 is 0 Å². The van der Waals surface area contributed by atoms with E-state index in [9.17, 15) is 4.79 Å². The summed E-state index contributed by atoms with van der Waals surface area (Å²) in [5.41, 5.74) is 7.29. The normalized spacial score (nSPS) is 13.0. The first-order valence-corrected chi connectivity index (χ1v) is 11.8. The van der Waals surface area contributed by atoms with Gasteiger partial charge in [-0.05, 0) is 50.6 Å². The molecule has 1 amide bonds. The van der Waals surface area contributed by atoms with Gasteiger partial charge in [-0.1, -0.05) is 65.3 Å². The maximum absolute atomic E-state index is 13.4. The number of halogens is 1. The zero-order valence-corrected chi connectivity index (χ0v) is 20.1. The molecule has 0 radical (unpaired) electrons. The number of aryl methyl sites for hydroxylation is 2. The summed E-state index contributed by atoms with van der Waals surface area (Å²) < 4.78 is 0. The highest BCUT2D eigenvalue weighted by atomic mass is 35.5. The second-order valence-corrected chi connectivity index (χ2v) is 9.60. The Hall–Kier alpha value is -3.28. The lowest BCUT2D eigenvalue weighted by molar-refractivity contribution is -0.112. The molecule has 2 heterocycles. The van der Waals surface area contributed by atoms with Gasteiger partial charge in [-0.25, -0.2) is 0 Å². The summed E-state index contributed by atoms with van der Waals surface area (Å²) in [6.07, 6.45) is 1.73. The zero-order chi connectivity index (χ0) is 23.1. The van der Waals surface area contributed by atoms with Crippen molar-refractivity contribution in [1.29, 1.82) is 0 Å². The summed E-state index contributed by atoms with van der Waals surface area (Å²) in [6, 6.07) is 19.9. The van der Waals surface area contributed by atoms with Gasteiger partial charge in [0, 0.05) is 32.1 Å². The van der Waals surface area contributed by atoms with Gasteiger partial charge < -0.3 is 10.6 Å². The molecule has 0 spiro atoms. The molecule has 0 aliphatic carbocycles. The largest absolute Gasteiger partial charge is 0.357 e. The van der Waals surface area contributed by atoms with E-state index in [-0.39, 0.29) is 5.91 Å². The zero-order valence-electron chi connectivity index (χ0n) is 18.5. The Morgan fingerprint density at radius 3 is 2.61 bits per heavy atom. The maximum Gasteiger partial charge on any atom is 0.264 e. The maximum atomic E-state index is 13.4. The minimum Gasteiger partial charge on any atom is -0.357 e. The summed E-state index contributed by atoms with van der Waals surface area (Å²) in [6.45, 7) is 6.02. The van der Waals surface area contributed by atoms with Crippen molar-refractivity contribution < 1.29 is 4.79 Å². The Morgan fingerprint density at radius 1 is 1.03 bits per heavy atom. The molecular weight excluding hydrogens is 450 g/mol. The SMILES string of the molecule is CC1=C(C(=O)Nc2cnc3c(C)cc(C)cc3c2-c2ccccc2Cl)Sc2ccccc2N1. The quantitative estimate of drug-likeness (QED) is 0.323. The molecule has 0 saturated carbocycles. The number of hydrogen-bond donors (Lipinski definition) is 2. The number of amides is 1. The molecule has 33 heavy (non-hydrogen) atoms. The van der Waals surface area contributed by atoms with Crippen molar-refractivity contribution in [2.75, 3.05) is 10.6 Å². The van der Waals surface area contributed by atoms with Crippen LogP contribution in [0.2, 0.25) is 5.02 Å². The van der Waals surface area contributed by atoms with Crippen LogP contribution in [0.25, 0.3) is 22.0 Å². The standard InChI is InChI=1S/C27H22ClN3OS/c1-15-12-16(2)25-19(13-15)24(18-8-4-5-9-20(18)28)22(14-29-25)31-27(32)26-17(3)30-21-10-6-7-11-23(21)33-26/h4-14,30H,1-3H3,(H,31,32). The number of carbonyl (C=O) groups excluding carboxylic acids is 1. The number of nitrogens with zero attached hydrogens (tertiary/aromatic N) is 1. The number of thioether (sulfide) groups is 1. The molecule has 0 atom stereocenters. The van der Waals surface area contributed by atoms with Crippen molar-refractivity contribution in [3.05, 3.63) is 93.6 Å². The van der Waals surface area contributed by atoms with E-state index in [1.54, 1.807) is 6.20 Å². The van der Waals surface area contributed by atoms with Crippen LogP contribution < -0.4 is 10.6 Å². The number of allylic oxidation sites excluding steroid dienone is 1. The van der Waals surface area contributed by atoms with Crippen LogP contribution in [0, 0.1) is 13.8 Å². The Bertz CT molecular complexity index is 1460. The van der Waals surface area contributed by atoms with Crippen LogP contribution in [0.15, 0.2) is 82.4 Å². The van der Waals surface area contributed by atoms with Gasteiger partial charge in [0.15, 0.2) is 0 Å². The van der Waals surface area contributed by atoms with Crippen molar-refractivity contribution in [2.45, 2.75) is 25.7 Å². The minimum atomic E-state index is -0.182. The molecule has 1 aliphatic heterocycles. The minimum absolute atomic E-state index is 0.182. The third kappa shape index (κ3) is 3.99. The summed E-state index contributed by atoms with van der Waals surface area (Å²) in [5.74, 6) is -0.182. The van der Waals surface area contributed by atoms with Gasteiger partial charge in [-0.2, -0.15) is 0 Å². The molecule has 164 valence electrons. The molecule has 4 aromatic rings. The lowest BCUT2D eigenvalue weighted by Crippen LogP contribution is -2.19. The highest BCUT2D eigenvalue weighted by Crippen LogP contribution is 2.42. The number of para-hydroxylation sites is 1. The Labute approximate surface area is 202 Å². The Kier molecular flexibility index (Phi) is 5.60. The number of anilines is 2. The van der Waals surface area contributed by atoms with Gasteiger partial charge in [0.2, 0.25) is 0 Å². The van der Waals surface area contributed by atoms with Gasteiger partial charge in [-0.3, -0.25) is 9.78 Å². The molecule has 5 rings (SSSR count). The number of benzene rings is 3. The van der Waals surface area contributed by atoms with Crippen LogP contribution in [0.4, 0.5) is 11.4 Å². The molecule has 0 unspecified atom stereocenters. The van der Waals surface area contributed by atoms with Crippen LogP contribution in [0.1, 0.15) is 18.1 Å². The van der Waals surface area contributed by atoms with E-state index in [0.717, 1.165) is 49.4 Å². The second-order valence-electron chi connectivity index (χ2n) is 8.14. The highest BCUT2D eigenvalue weighted by molar-refractivity contribution is 8.04. The number of hydrogen-bond acceptors (Lipinski definition) is 4. The van der Waals surface area contributed by atoms with E-state index in [4.69, 9.17) is 16.6 Å². The van der Waals surface area contributed by atoms with E-state index in [2.05, 4.69) is 29.7 Å². The van der Waals surface area contributed by atoms with Crippen LogP contribution in [-0.4, -0.2) is 10.9 Å². The fraction of sp³-hybridized carbons (Fsp3) is 0.111. The van der Waals surface area contributed by atoms with Gasteiger partial charge in [0.25, 0.3) is 5.91 Å². The van der Waals surface area contributed by atoms with Crippen LogP contribution in [0.5, 0.6) is 0 Å². The number of pyridine rings is 1. The predicted octanol–water partition coefficient (Wildman–Crippen LogP) is 7.56. The Morgan fingerprint density at radius 2 is 1.79 bits per heavy atom. The van der Waals surface area contributed by atoms with Gasteiger partial charge >= 0.3 is 0 Å². The molecule has 0 bridgehead atoms. The number of aromatic nitrogens is 1. The van der Waals surface area contributed by atoms with Crippen LogP contribution >= 0.6 is 23.4 Å². The highest BCUT2D eigenvalue weighted by Gasteiger charge is 2.23. The monoisotopic (exact) mass is 471 g/mol. The van der Waals surface area contributed by atoms with E-state index in [1.165, 1.54) is 11.8 Å². The van der Waals surface area contributed by atoms with Crippen molar-refractivity contribution in [2.24, 2.45) is 0 Å². The first-order valence-electron chi connectivity index (χ1n) is 10.6. The average molecular weight is 472 g/mol. The van der Waals surface area contributed by atoms with Crippen molar-refractivity contribution in [3.8, 4) is 11.1 Å². The van der Waals surface area contributed by atoms with E-state index < -0.39 is 0 Å². The van der Waals surface area contributed by atoms with Gasteiger partial charge in [0.1, 0.15) is 0 Å². The first-order chi connectivity index (χ1) is 15.9.